The number of hydrogen-bond acceptors (Lipinski definition) is 2. The number of hydrogen-bond donors (Lipinski definition) is 1. The van der Waals surface area contributed by atoms with Gasteiger partial charge in [0.05, 0.1) is 11.6 Å². The summed E-state index contributed by atoms with van der Waals surface area (Å²) < 4.78 is 37.4. The molecule has 0 saturated heterocycles. The molecule has 21 heavy (non-hydrogen) atoms. The van der Waals surface area contributed by atoms with Gasteiger partial charge in [-0.3, -0.25) is 4.79 Å². The second-order valence-electron chi connectivity index (χ2n) is 6.23. The molecule has 3 nitrogen and oxygen atoms in total. The molecular weight excluding hydrogens is 281 g/mol. The lowest BCUT2D eigenvalue weighted by atomic mass is 9.86. The summed E-state index contributed by atoms with van der Waals surface area (Å²) in [5.41, 5.74) is 5.44. The maximum atomic E-state index is 12.5. The highest BCUT2D eigenvalue weighted by molar-refractivity contribution is 5.82. The number of alkyl halides is 3. The van der Waals surface area contributed by atoms with E-state index in [1.54, 1.807) is 7.05 Å². The molecule has 1 aromatic carbocycles. The van der Waals surface area contributed by atoms with Crippen LogP contribution < -0.4 is 5.73 Å². The maximum absolute atomic E-state index is 12.5. The summed E-state index contributed by atoms with van der Waals surface area (Å²) in [4.78, 5) is 13.6. The van der Waals surface area contributed by atoms with Gasteiger partial charge in [-0.25, -0.2) is 0 Å². The molecule has 0 aliphatic rings. The number of nitrogens with zero attached hydrogens (tertiary/aromatic N) is 1. The average Bonchev–Trinajstić information content (AvgIpc) is 2.35. The van der Waals surface area contributed by atoms with Crippen molar-refractivity contribution in [2.24, 2.45) is 11.1 Å². The zero-order chi connectivity index (χ0) is 16.4. The van der Waals surface area contributed by atoms with Crippen LogP contribution in [0.2, 0.25) is 0 Å². The first-order valence-corrected chi connectivity index (χ1v) is 6.59. The van der Waals surface area contributed by atoms with Crippen molar-refractivity contribution in [2.45, 2.75) is 39.5 Å². The molecule has 1 atom stereocenters. The highest BCUT2D eigenvalue weighted by Crippen LogP contribution is 2.29. The number of likely N-dealkylation sites (N-methyl/N-ethyl adjacent to an activating group) is 1. The Labute approximate surface area is 122 Å². The van der Waals surface area contributed by atoms with Gasteiger partial charge in [0, 0.05) is 13.6 Å². The molecular formula is C15H21F3N2O. The van der Waals surface area contributed by atoms with Crippen molar-refractivity contribution in [1.29, 1.82) is 0 Å². The fourth-order valence-corrected chi connectivity index (χ4v) is 1.76. The lowest BCUT2D eigenvalue weighted by Crippen LogP contribution is -2.48. The van der Waals surface area contributed by atoms with Crippen molar-refractivity contribution in [1.82, 2.24) is 4.90 Å². The lowest BCUT2D eigenvalue weighted by molar-refractivity contribution is -0.137. The van der Waals surface area contributed by atoms with E-state index in [2.05, 4.69) is 0 Å². The molecule has 0 aromatic heterocycles. The first-order chi connectivity index (χ1) is 9.43. The van der Waals surface area contributed by atoms with Crippen LogP contribution in [0.5, 0.6) is 0 Å². The van der Waals surface area contributed by atoms with E-state index >= 15 is 0 Å². The van der Waals surface area contributed by atoms with Gasteiger partial charge < -0.3 is 10.6 Å². The van der Waals surface area contributed by atoms with E-state index in [1.165, 1.54) is 17.0 Å². The number of halogens is 3. The van der Waals surface area contributed by atoms with Crippen LogP contribution in [-0.4, -0.2) is 23.9 Å². The molecule has 6 heteroatoms. The van der Waals surface area contributed by atoms with Crippen LogP contribution in [-0.2, 0) is 17.5 Å². The number of amides is 1. The number of rotatable bonds is 3. The van der Waals surface area contributed by atoms with Crippen molar-refractivity contribution in [2.75, 3.05) is 7.05 Å². The van der Waals surface area contributed by atoms with Crippen LogP contribution in [0.15, 0.2) is 24.3 Å². The first-order valence-electron chi connectivity index (χ1n) is 6.59. The van der Waals surface area contributed by atoms with Gasteiger partial charge in [-0.15, -0.1) is 0 Å². The van der Waals surface area contributed by atoms with Crippen molar-refractivity contribution < 1.29 is 18.0 Å². The Bertz CT molecular complexity index is 489. The normalized spacial score (nSPS) is 13.9. The Hall–Kier alpha value is -1.56. The van der Waals surface area contributed by atoms with Crippen LogP contribution in [0, 0.1) is 5.41 Å². The topological polar surface area (TPSA) is 46.3 Å². The van der Waals surface area contributed by atoms with Crippen LogP contribution in [0.25, 0.3) is 0 Å². The lowest BCUT2D eigenvalue weighted by Gasteiger charge is -2.30. The van der Waals surface area contributed by atoms with Crippen LogP contribution in [0.3, 0.4) is 0 Å². The summed E-state index contributed by atoms with van der Waals surface area (Å²) >= 11 is 0. The minimum absolute atomic E-state index is 0.223. The Kier molecular flexibility index (Phi) is 5.04. The van der Waals surface area contributed by atoms with Crippen LogP contribution in [0.4, 0.5) is 13.2 Å². The molecule has 0 unspecified atom stereocenters. The van der Waals surface area contributed by atoms with Gasteiger partial charge in [0.15, 0.2) is 0 Å². The van der Waals surface area contributed by atoms with Gasteiger partial charge in [-0.05, 0) is 23.1 Å². The second-order valence-corrected chi connectivity index (χ2v) is 6.23. The summed E-state index contributed by atoms with van der Waals surface area (Å²) in [6, 6.07) is 4.11. The largest absolute Gasteiger partial charge is 0.416 e. The molecule has 2 N–H and O–H groups in total. The van der Waals surface area contributed by atoms with Gasteiger partial charge in [0.2, 0.25) is 5.91 Å². The van der Waals surface area contributed by atoms with Crippen LogP contribution in [0.1, 0.15) is 31.9 Å². The fourth-order valence-electron chi connectivity index (χ4n) is 1.76. The van der Waals surface area contributed by atoms with E-state index in [-0.39, 0.29) is 17.9 Å². The van der Waals surface area contributed by atoms with Gasteiger partial charge in [-0.1, -0.05) is 32.9 Å². The van der Waals surface area contributed by atoms with Gasteiger partial charge >= 0.3 is 6.18 Å². The molecule has 0 spiro atoms. The quantitative estimate of drug-likeness (QED) is 0.933. The van der Waals surface area contributed by atoms with Crippen molar-refractivity contribution in [3.8, 4) is 0 Å². The molecule has 0 radical (unpaired) electrons. The number of carbonyl (C=O) groups excluding carboxylic acids is 1. The predicted molar refractivity (Wildman–Crippen MR) is 75.3 cm³/mol. The van der Waals surface area contributed by atoms with Gasteiger partial charge in [-0.2, -0.15) is 13.2 Å². The highest BCUT2D eigenvalue weighted by atomic mass is 19.4. The Morgan fingerprint density at radius 3 is 2.05 bits per heavy atom. The maximum Gasteiger partial charge on any atom is 0.416 e. The molecule has 0 aliphatic heterocycles. The zero-order valence-electron chi connectivity index (χ0n) is 12.7. The molecule has 0 bridgehead atoms. The number of nitrogens with two attached hydrogens (primary N) is 1. The van der Waals surface area contributed by atoms with E-state index in [0.29, 0.717) is 5.56 Å². The summed E-state index contributed by atoms with van der Waals surface area (Å²) in [6.45, 7) is 5.81. The zero-order valence-corrected chi connectivity index (χ0v) is 12.7. The summed E-state index contributed by atoms with van der Waals surface area (Å²) in [6.07, 6.45) is -4.35. The molecule has 0 heterocycles. The third-order valence-corrected chi connectivity index (χ3v) is 3.28. The van der Waals surface area contributed by atoms with Crippen molar-refractivity contribution >= 4 is 5.91 Å². The van der Waals surface area contributed by atoms with E-state index < -0.39 is 17.8 Å². The second kappa shape index (κ2) is 6.05. The van der Waals surface area contributed by atoms with Gasteiger partial charge in [0.1, 0.15) is 0 Å². The molecule has 0 saturated carbocycles. The number of carbonyl (C=O) groups is 1. The van der Waals surface area contributed by atoms with E-state index in [4.69, 9.17) is 5.73 Å². The smallest absolute Gasteiger partial charge is 0.340 e. The Morgan fingerprint density at radius 1 is 1.19 bits per heavy atom. The first kappa shape index (κ1) is 17.5. The third-order valence-electron chi connectivity index (χ3n) is 3.28. The average molecular weight is 302 g/mol. The summed E-state index contributed by atoms with van der Waals surface area (Å²) in [5.74, 6) is -0.234. The highest BCUT2D eigenvalue weighted by Gasteiger charge is 2.31. The minimum Gasteiger partial charge on any atom is -0.340 e. The van der Waals surface area contributed by atoms with Crippen molar-refractivity contribution in [3.05, 3.63) is 35.4 Å². The molecule has 0 aliphatic carbocycles. The monoisotopic (exact) mass is 302 g/mol. The molecule has 1 amide bonds. The van der Waals surface area contributed by atoms with Gasteiger partial charge in [0.25, 0.3) is 0 Å². The molecule has 1 aromatic rings. The van der Waals surface area contributed by atoms with E-state index in [0.717, 1.165) is 12.1 Å². The molecule has 0 fully saturated rings. The number of benzene rings is 1. The fraction of sp³-hybridized carbons (Fsp3) is 0.533. The molecule has 1 rings (SSSR count). The summed E-state index contributed by atoms with van der Waals surface area (Å²) in [5, 5.41) is 0. The van der Waals surface area contributed by atoms with Crippen molar-refractivity contribution in [3.63, 3.8) is 0 Å². The molecule has 118 valence electrons. The minimum atomic E-state index is -4.35. The third kappa shape index (κ3) is 4.74. The van der Waals surface area contributed by atoms with Crippen LogP contribution >= 0.6 is 0 Å². The Balaban J connectivity index is 2.75. The Morgan fingerprint density at radius 2 is 1.67 bits per heavy atom. The summed E-state index contributed by atoms with van der Waals surface area (Å²) in [7, 11) is 1.59. The van der Waals surface area contributed by atoms with E-state index in [1.807, 2.05) is 20.8 Å². The predicted octanol–water partition coefficient (Wildman–Crippen LogP) is 3.04. The standard InChI is InChI=1S/C15H21F3N2O/c1-14(2,3)12(19)13(21)20(4)9-10-5-7-11(8-6-10)15(16,17)18/h5-8,12H,9,19H2,1-4H3/t12-/m1/s1. The van der Waals surface area contributed by atoms with E-state index in [9.17, 15) is 18.0 Å². The SMILES string of the molecule is CN(Cc1ccc(C(F)(F)F)cc1)C(=O)[C@@H](N)C(C)(C)C.